The minimum atomic E-state index is 0.421. The molecule has 2 nitrogen and oxygen atoms in total. The van der Waals surface area contributed by atoms with Crippen LogP contribution in [-0.2, 0) is 13.0 Å². The Morgan fingerprint density at radius 3 is 3.05 bits per heavy atom. The van der Waals surface area contributed by atoms with Gasteiger partial charge in [-0.3, -0.25) is 0 Å². The van der Waals surface area contributed by atoms with Crippen molar-refractivity contribution in [2.45, 2.75) is 25.4 Å². The maximum absolute atomic E-state index is 6.06. The Labute approximate surface area is 132 Å². The molecular weight excluding hydrogens is 300 g/mol. The average molecular weight is 315 g/mol. The molecule has 4 heteroatoms. The summed E-state index contributed by atoms with van der Waals surface area (Å²) in [5.74, 6) is 0. The van der Waals surface area contributed by atoms with Crippen molar-refractivity contribution < 1.29 is 0 Å². The van der Waals surface area contributed by atoms with Crippen LogP contribution >= 0.6 is 22.9 Å². The Bertz CT molecular complexity index is 763. The molecule has 21 heavy (non-hydrogen) atoms. The van der Waals surface area contributed by atoms with E-state index in [2.05, 4.69) is 40.6 Å². The molecule has 4 rings (SSSR count). The molecule has 0 saturated heterocycles. The van der Waals surface area contributed by atoms with Gasteiger partial charge < -0.3 is 5.32 Å². The third kappa shape index (κ3) is 2.57. The molecule has 106 valence electrons. The molecule has 0 fully saturated rings. The molecule has 0 bridgehead atoms. The van der Waals surface area contributed by atoms with Crippen molar-refractivity contribution in [3.05, 3.63) is 63.6 Å². The zero-order valence-electron chi connectivity index (χ0n) is 11.5. The number of rotatable bonds is 3. The van der Waals surface area contributed by atoms with Crippen LogP contribution in [0.2, 0.25) is 5.02 Å². The number of halogens is 1. The first-order valence-electron chi connectivity index (χ1n) is 7.16. The van der Waals surface area contributed by atoms with Crippen LogP contribution in [0.15, 0.2) is 42.5 Å². The van der Waals surface area contributed by atoms with E-state index in [1.165, 1.54) is 15.8 Å². The second kappa shape index (κ2) is 5.41. The van der Waals surface area contributed by atoms with Gasteiger partial charge in [0.2, 0.25) is 0 Å². The van der Waals surface area contributed by atoms with E-state index in [1.54, 1.807) is 11.3 Å². The molecule has 0 aliphatic heterocycles. The van der Waals surface area contributed by atoms with Crippen LogP contribution in [0.5, 0.6) is 0 Å². The lowest BCUT2D eigenvalue weighted by Crippen LogP contribution is -2.18. The van der Waals surface area contributed by atoms with Gasteiger partial charge in [0.1, 0.15) is 5.01 Å². The van der Waals surface area contributed by atoms with Gasteiger partial charge in [0, 0.05) is 17.6 Å². The Morgan fingerprint density at radius 2 is 2.14 bits per heavy atom. The molecule has 1 aliphatic carbocycles. The fraction of sp³-hybridized carbons (Fsp3) is 0.235. The molecule has 0 spiro atoms. The van der Waals surface area contributed by atoms with Crippen LogP contribution in [0.3, 0.4) is 0 Å². The first-order chi connectivity index (χ1) is 10.3. The highest BCUT2D eigenvalue weighted by Gasteiger charge is 2.22. The molecule has 1 N–H and O–H groups in total. The van der Waals surface area contributed by atoms with Crippen molar-refractivity contribution >= 4 is 33.2 Å². The third-order valence-corrected chi connectivity index (χ3v) is 5.29. The van der Waals surface area contributed by atoms with Crippen LogP contribution in [0.4, 0.5) is 0 Å². The van der Waals surface area contributed by atoms with Gasteiger partial charge in [0.15, 0.2) is 0 Å². The van der Waals surface area contributed by atoms with E-state index in [-0.39, 0.29) is 0 Å². The first kappa shape index (κ1) is 13.3. The summed E-state index contributed by atoms with van der Waals surface area (Å²) < 4.78 is 1.26. The zero-order valence-corrected chi connectivity index (χ0v) is 13.0. The lowest BCUT2D eigenvalue weighted by Gasteiger charge is -2.12. The largest absolute Gasteiger partial charge is 0.304 e. The van der Waals surface area contributed by atoms with Gasteiger partial charge in [0.25, 0.3) is 0 Å². The molecule has 1 atom stereocenters. The normalized spacial score (nSPS) is 17.3. The summed E-state index contributed by atoms with van der Waals surface area (Å²) in [5.41, 5.74) is 3.86. The van der Waals surface area contributed by atoms with Gasteiger partial charge in [-0.25, -0.2) is 4.98 Å². The predicted molar refractivity (Wildman–Crippen MR) is 89.0 cm³/mol. The maximum atomic E-state index is 6.06. The number of para-hydroxylation sites is 1. The van der Waals surface area contributed by atoms with Crippen molar-refractivity contribution in [1.29, 1.82) is 0 Å². The molecule has 1 aliphatic rings. The van der Waals surface area contributed by atoms with Crippen molar-refractivity contribution in [3.63, 3.8) is 0 Å². The van der Waals surface area contributed by atoms with E-state index < -0.39 is 0 Å². The summed E-state index contributed by atoms with van der Waals surface area (Å²) in [5, 5.41) is 5.62. The first-order valence-corrected chi connectivity index (χ1v) is 8.35. The lowest BCUT2D eigenvalue weighted by molar-refractivity contribution is 0.529. The number of aryl methyl sites for hydroxylation is 1. The van der Waals surface area contributed by atoms with Gasteiger partial charge in [-0.05, 0) is 48.2 Å². The summed E-state index contributed by atoms with van der Waals surface area (Å²) in [6.45, 7) is 0.825. The van der Waals surface area contributed by atoms with Gasteiger partial charge in [-0.1, -0.05) is 29.8 Å². The number of hydrogen-bond donors (Lipinski definition) is 1. The fourth-order valence-corrected chi connectivity index (χ4v) is 4.12. The third-order valence-electron chi connectivity index (χ3n) is 4.02. The number of nitrogens with one attached hydrogen (secondary N) is 1. The minimum Gasteiger partial charge on any atom is -0.304 e. The van der Waals surface area contributed by atoms with Crippen LogP contribution in [0, 0.1) is 0 Å². The molecule has 0 amide bonds. The Hall–Kier alpha value is -1.42. The van der Waals surface area contributed by atoms with E-state index >= 15 is 0 Å². The molecule has 3 aromatic rings. The Balaban J connectivity index is 1.51. The highest BCUT2D eigenvalue weighted by Crippen LogP contribution is 2.33. The van der Waals surface area contributed by atoms with Gasteiger partial charge in [0.05, 0.1) is 10.2 Å². The number of hydrogen-bond acceptors (Lipinski definition) is 3. The van der Waals surface area contributed by atoms with Crippen LogP contribution < -0.4 is 5.32 Å². The van der Waals surface area contributed by atoms with E-state index in [0.29, 0.717) is 6.04 Å². The molecule has 1 heterocycles. The van der Waals surface area contributed by atoms with E-state index in [1.807, 2.05) is 12.1 Å². The SMILES string of the molecule is Clc1ccc2c(c1)CCC2NCc1nc2ccccc2s1. The monoisotopic (exact) mass is 314 g/mol. The summed E-state index contributed by atoms with van der Waals surface area (Å²) >= 11 is 7.83. The number of fused-ring (bicyclic) bond motifs is 2. The molecule has 1 unspecified atom stereocenters. The van der Waals surface area contributed by atoms with Crippen molar-refractivity contribution in [1.82, 2.24) is 10.3 Å². The van der Waals surface area contributed by atoms with Gasteiger partial charge in [-0.2, -0.15) is 0 Å². The minimum absolute atomic E-state index is 0.421. The van der Waals surface area contributed by atoms with E-state index in [4.69, 9.17) is 11.6 Å². The van der Waals surface area contributed by atoms with Crippen molar-refractivity contribution in [2.75, 3.05) is 0 Å². The summed E-state index contributed by atoms with van der Waals surface area (Å²) in [6, 6.07) is 15.0. The number of nitrogens with zero attached hydrogens (tertiary/aromatic N) is 1. The molecule has 0 radical (unpaired) electrons. The van der Waals surface area contributed by atoms with E-state index in [9.17, 15) is 0 Å². The predicted octanol–water partition coefficient (Wildman–Crippen LogP) is 4.73. The Morgan fingerprint density at radius 1 is 1.24 bits per heavy atom. The number of thiazole rings is 1. The zero-order chi connectivity index (χ0) is 14.2. The standard InChI is InChI=1S/C17H15ClN2S/c18-12-6-7-13-11(9-12)5-8-14(13)19-10-17-20-15-3-1-2-4-16(15)21-17/h1-4,6-7,9,14,19H,5,8,10H2. The van der Waals surface area contributed by atoms with Crippen LogP contribution in [-0.4, -0.2) is 4.98 Å². The number of aromatic nitrogens is 1. The summed E-state index contributed by atoms with van der Waals surface area (Å²) in [7, 11) is 0. The van der Waals surface area contributed by atoms with Crippen molar-refractivity contribution in [2.24, 2.45) is 0 Å². The summed E-state index contributed by atoms with van der Waals surface area (Å²) in [6.07, 6.45) is 2.24. The molecule has 2 aromatic carbocycles. The highest BCUT2D eigenvalue weighted by molar-refractivity contribution is 7.18. The van der Waals surface area contributed by atoms with Crippen molar-refractivity contribution in [3.8, 4) is 0 Å². The Kier molecular flexibility index (Phi) is 3.42. The fourth-order valence-electron chi connectivity index (χ4n) is 3.00. The second-order valence-electron chi connectivity index (χ2n) is 5.39. The topological polar surface area (TPSA) is 24.9 Å². The average Bonchev–Trinajstić information content (AvgIpc) is 3.07. The molecule has 1 aromatic heterocycles. The molecular formula is C17H15ClN2S. The van der Waals surface area contributed by atoms with Gasteiger partial charge in [-0.15, -0.1) is 11.3 Å². The number of benzene rings is 2. The van der Waals surface area contributed by atoms with Gasteiger partial charge >= 0.3 is 0 Å². The second-order valence-corrected chi connectivity index (χ2v) is 6.94. The van der Waals surface area contributed by atoms with Crippen LogP contribution in [0.1, 0.15) is 28.6 Å². The lowest BCUT2D eigenvalue weighted by atomic mass is 10.1. The highest BCUT2D eigenvalue weighted by atomic mass is 35.5. The summed E-state index contributed by atoms with van der Waals surface area (Å²) in [4.78, 5) is 4.68. The smallest absolute Gasteiger partial charge is 0.108 e. The maximum Gasteiger partial charge on any atom is 0.108 e. The van der Waals surface area contributed by atoms with E-state index in [0.717, 1.165) is 34.9 Å². The molecule has 0 saturated carbocycles. The quantitative estimate of drug-likeness (QED) is 0.756. The van der Waals surface area contributed by atoms with Crippen LogP contribution in [0.25, 0.3) is 10.2 Å².